The highest BCUT2D eigenvalue weighted by Gasteiger charge is 2.13. The van der Waals surface area contributed by atoms with Crippen molar-refractivity contribution in [3.63, 3.8) is 0 Å². The van der Waals surface area contributed by atoms with Crippen molar-refractivity contribution in [1.82, 2.24) is 9.97 Å². The van der Waals surface area contributed by atoms with Crippen molar-refractivity contribution in [3.05, 3.63) is 72.2 Å². The molecule has 2 N–H and O–H groups in total. The van der Waals surface area contributed by atoms with Crippen molar-refractivity contribution in [2.75, 3.05) is 28.6 Å². The van der Waals surface area contributed by atoms with Gasteiger partial charge in [-0.3, -0.25) is 4.79 Å². The van der Waals surface area contributed by atoms with Crippen LogP contribution >= 0.6 is 0 Å². The van der Waals surface area contributed by atoms with Gasteiger partial charge in [0.25, 0.3) is 5.91 Å². The molecule has 0 saturated carbocycles. The number of carbonyl (C=O) groups is 1. The molecule has 2 aromatic carbocycles. The van der Waals surface area contributed by atoms with Gasteiger partial charge < -0.3 is 15.5 Å². The highest BCUT2D eigenvalue weighted by Crippen LogP contribution is 2.23. The minimum Gasteiger partial charge on any atom is -0.372 e. The molecule has 0 aliphatic carbocycles. The highest BCUT2D eigenvalue weighted by molar-refractivity contribution is 6.03. The fourth-order valence-electron chi connectivity index (χ4n) is 3.33. The highest BCUT2D eigenvalue weighted by atomic mass is 16.1. The number of nitrogens with zero attached hydrogens (tertiary/aromatic N) is 3. The number of rotatable bonds is 5. The SMILES string of the molecule is Cc1ccccc1Nc1cc(C(=O)Nc2ccc(N3CCCC3)cc2)ncn1. The van der Waals surface area contributed by atoms with E-state index in [1.165, 1.54) is 24.9 Å². The summed E-state index contributed by atoms with van der Waals surface area (Å²) in [5.41, 5.74) is 4.31. The summed E-state index contributed by atoms with van der Waals surface area (Å²) in [7, 11) is 0. The summed E-state index contributed by atoms with van der Waals surface area (Å²) in [6, 6.07) is 17.5. The Morgan fingerprint density at radius 3 is 2.50 bits per heavy atom. The van der Waals surface area contributed by atoms with E-state index < -0.39 is 0 Å². The van der Waals surface area contributed by atoms with E-state index >= 15 is 0 Å². The van der Waals surface area contributed by atoms with Gasteiger partial charge >= 0.3 is 0 Å². The number of anilines is 4. The van der Waals surface area contributed by atoms with Crippen LogP contribution in [0.25, 0.3) is 0 Å². The molecule has 3 aromatic rings. The summed E-state index contributed by atoms with van der Waals surface area (Å²) in [4.78, 5) is 23.3. The van der Waals surface area contributed by atoms with E-state index in [2.05, 4.69) is 25.5 Å². The van der Waals surface area contributed by atoms with Crippen molar-refractivity contribution in [3.8, 4) is 0 Å². The number of amides is 1. The van der Waals surface area contributed by atoms with Crippen LogP contribution in [0.1, 0.15) is 28.9 Å². The molecular weight excluding hydrogens is 350 g/mol. The Hall–Kier alpha value is -3.41. The minimum absolute atomic E-state index is 0.260. The largest absolute Gasteiger partial charge is 0.372 e. The Bertz CT molecular complexity index is 965. The summed E-state index contributed by atoms with van der Waals surface area (Å²) >= 11 is 0. The molecule has 1 aliphatic heterocycles. The number of aromatic nitrogens is 2. The van der Waals surface area contributed by atoms with Crippen LogP contribution in [0.2, 0.25) is 0 Å². The smallest absolute Gasteiger partial charge is 0.274 e. The maximum atomic E-state index is 12.6. The van der Waals surface area contributed by atoms with Crippen molar-refractivity contribution >= 4 is 28.8 Å². The van der Waals surface area contributed by atoms with Gasteiger partial charge in [-0.2, -0.15) is 0 Å². The van der Waals surface area contributed by atoms with Crippen LogP contribution < -0.4 is 15.5 Å². The van der Waals surface area contributed by atoms with E-state index in [-0.39, 0.29) is 5.91 Å². The molecule has 6 nitrogen and oxygen atoms in total. The normalized spacial score (nSPS) is 13.4. The van der Waals surface area contributed by atoms with Crippen LogP contribution in [0.5, 0.6) is 0 Å². The molecule has 28 heavy (non-hydrogen) atoms. The summed E-state index contributed by atoms with van der Waals surface area (Å²) in [5.74, 6) is 0.322. The summed E-state index contributed by atoms with van der Waals surface area (Å²) < 4.78 is 0. The van der Waals surface area contributed by atoms with E-state index in [4.69, 9.17) is 0 Å². The number of carbonyl (C=O) groups excluding carboxylic acids is 1. The summed E-state index contributed by atoms with van der Waals surface area (Å²) in [5, 5.41) is 6.14. The average Bonchev–Trinajstić information content (AvgIpc) is 3.25. The van der Waals surface area contributed by atoms with E-state index in [1.54, 1.807) is 6.07 Å². The lowest BCUT2D eigenvalue weighted by atomic mass is 10.2. The molecule has 4 rings (SSSR count). The van der Waals surface area contributed by atoms with Gasteiger partial charge in [0.2, 0.25) is 0 Å². The second kappa shape index (κ2) is 8.08. The molecule has 1 aromatic heterocycles. The Morgan fingerprint density at radius 1 is 1.00 bits per heavy atom. The number of nitrogens with one attached hydrogen (secondary N) is 2. The molecule has 0 spiro atoms. The van der Waals surface area contributed by atoms with Crippen molar-refractivity contribution in [2.45, 2.75) is 19.8 Å². The maximum Gasteiger partial charge on any atom is 0.274 e. The first-order chi connectivity index (χ1) is 13.7. The maximum absolute atomic E-state index is 12.6. The molecule has 2 heterocycles. The zero-order valence-electron chi connectivity index (χ0n) is 15.9. The van der Waals surface area contributed by atoms with Crippen LogP contribution in [0.4, 0.5) is 22.9 Å². The van der Waals surface area contributed by atoms with E-state index in [1.807, 2.05) is 55.5 Å². The quantitative estimate of drug-likeness (QED) is 0.694. The Balaban J connectivity index is 1.44. The van der Waals surface area contributed by atoms with Gasteiger partial charge in [-0.05, 0) is 55.7 Å². The fraction of sp³-hybridized carbons (Fsp3) is 0.227. The third kappa shape index (κ3) is 4.11. The first kappa shape index (κ1) is 18.0. The number of hydrogen-bond acceptors (Lipinski definition) is 5. The lowest BCUT2D eigenvalue weighted by Crippen LogP contribution is -2.18. The molecule has 0 atom stereocenters. The molecule has 6 heteroatoms. The number of para-hydroxylation sites is 1. The topological polar surface area (TPSA) is 70.2 Å². The molecule has 142 valence electrons. The van der Waals surface area contributed by atoms with Crippen LogP contribution in [0.3, 0.4) is 0 Å². The average molecular weight is 373 g/mol. The van der Waals surface area contributed by atoms with E-state index in [0.717, 1.165) is 30.0 Å². The van der Waals surface area contributed by atoms with E-state index in [0.29, 0.717) is 11.5 Å². The van der Waals surface area contributed by atoms with Crippen LogP contribution in [-0.2, 0) is 0 Å². The number of aryl methyl sites for hydroxylation is 1. The summed E-state index contributed by atoms with van der Waals surface area (Å²) in [6.07, 6.45) is 3.88. The van der Waals surface area contributed by atoms with Gasteiger partial charge in [0.1, 0.15) is 17.8 Å². The first-order valence-corrected chi connectivity index (χ1v) is 9.50. The van der Waals surface area contributed by atoms with Crippen molar-refractivity contribution in [1.29, 1.82) is 0 Å². The molecule has 1 amide bonds. The van der Waals surface area contributed by atoms with Crippen molar-refractivity contribution in [2.24, 2.45) is 0 Å². The molecule has 0 bridgehead atoms. The molecule has 0 unspecified atom stereocenters. The standard InChI is InChI=1S/C22H23N5O/c1-16-6-2-3-7-19(16)26-21-14-20(23-15-24-21)22(28)25-17-8-10-18(11-9-17)27-12-4-5-13-27/h2-3,6-11,14-15H,4-5,12-13H2,1H3,(H,25,28)(H,23,24,26). The molecule has 0 radical (unpaired) electrons. The predicted molar refractivity (Wildman–Crippen MR) is 112 cm³/mol. The van der Waals surface area contributed by atoms with Crippen LogP contribution in [0.15, 0.2) is 60.9 Å². The second-order valence-electron chi connectivity index (χ2n) is 6.92. The second-order valence-corrected chi connectivity index (χ2v) is 6.92. The Morgan fingerprint density at radius 2 is 1.75 bits per heavy atom. The van der Waals surface area contributed by atoms with Crippen LogP contribution in [-0.4, -0.2) is 29.0 Å². The van der Waals surface area contributed by atoms with Gasteiger partial charge in [0.05, 0.1) is 0 Å². The third-order valence-electron chi connectivity index (χ3n) is 4.90. The monoisotopic (exact) mass is 373 g/mol. The molecule has 1 saturated heterocycles. The predicted octanol–water partition coefficient (Wildman–Crippen LogP) is 4.38. The number of benzene rings is 2. The minimum atomic E-state index is -0.260. The fourth-order valence-corrected chi connectivity index (χ4v) is 3.33. The number of hydrogen-bond donors (Lipinski definition) is 2. The lowest BCUT2D eigenvalue weighted by molar-refractivity contribution is 0.102. The Labute approximate surface area is 164 Å². The van der Waals surface area contributed by atoms with Gasteiger partial charge in [-0.15, -0.1) is 0 Å². The first-order valence-electron chi connectivity index (χ1n) is 9.50. The van der Waals surface area contributed by atoms with Gasteiger partial charge in [0, 0.05) is 36.2 Å². The van der Waals surface area contributed by atoms with Crippen molar-refractivity contribution < 1.29 is 4.79 Å². The molecular formula is C22H23N5O. The van der Waals surface area contributed by atoms with Gasteiger partial charge in [0.15, 0.2) is 0 Å². The van der Waals surface area contributed by atoms with Gasteiger partial charge in [-0.1, -0.05) is 18.2 Å². The molecule has 1 fully saturated rings. The van der Waals surface area contributed by atoms with E-state index in [9.17, 15) is 4.79 Å². The zero-order chi connectivity index (χ0) is 19.3. The Kier molecular flexibility index (Phi) is 5.19. The van der Waals surface area contributed by atoms with Gasteiger partial charge in [-0.25, -0.2) is 9.97 Å². The molecule has 1 aliphatic rings. The summed E-state index contributed by atoms with van der Waals surface area (Å²) in [6.45, 7) is 4.22. The third-order valence-corrected chi connectivity index (χ3v) is 4.90. The van der Waals surface area contributed by atoms with Crippen LogP contribution in [0, 0.1) is 6.92 Å². The lowest BCUT2D eigenvalue weighted by Gasteiger charge is -2.17. The zero-order valence-corrected chi connectivity index (χ0v) is 15.9.